The topological polar surface area (TPSA) is 84.8 Å². The number of aromatic nitrogens is 2. The Balaban J connectivity index is 2.09. The number of fused-ring (bicyclic) bond motifs is 1. The number of aliphatic hydroxyl groups is 1. The molecule has 0 saturated heterocycles. The number of hydrogen-bond donors (Lipinski definition) is 2. The summed E-state index contributed by atoms with van der Waals surface area (Å²) in [5.41, 5.74) is -0.102. The Bertz CT molecular complexity index is 819. The Morgan fingerprint density at radius 3 is 2.24 bits per heavy atom. The van der Waals surface area contributed by atoms with Gasteiger partial charge in [0.1, 0.15) is 11.5 Å². The fourth-order valence-corrected chi connectivity index (χ4v) is 4.90. The van der Waals surface area contributed by atoms with E-state index >= 15 is 0 Å². The zero-order valence-electron chi connectivity index (χ0n) is 21.6. The first kappa shape index (κ1) is 27.4. The van der Waals surface area contributed by atoms with Gasteiger partial charge >= 0.3 is 5.69 Å². The lowest BCUT2D eigenvalue weighted by Crippen LogP contribution is -2.49. The molecule has 1 aromatic heterocycles. The Hall–Kier alpha value is -1.80. The molecule has 1 aromatic rings. The molecule has 190 valence electrons. The number of unbranched alkanes of at least 4 members (excludes halogenated alkanes) is 8. The van der Waals surface area contributed by atoms with Gasteiger partial charge in [-0.2, -0.15) is 0 Å². The standard InChI is InChI=1S/C25H47N5O3/c1-6-7-8-9-12-15-18-27(3)21(17-14-11-10-13-16-20(2)31)30-19-28(4)22-23(32)26-25(33)29(5)24(22)30/h20-21,31H,6-19H2,1-5H3,(H,26,32,33). The average molecular weight is 466 g/mol. The molecule has 0 radical (unpaired) electrons. The monoisotopic (exact) mass is 465 g/mol. The van der Waals surface area contributed by atoms with E-state index in [0.29, 0.717) is 12.4 Å². The molecule has 8 heteroatoms. The molecule has 0 fully saturated rings. The molecule has 0 bridgehead atoms. The smallest absolute Gasteiger partial charge is 0.329 e. The Labute approximate surface area is 199 Å². The van der Waals surface area contributed by atoms with Crippen molar-refractivity contribution in [1.29, 1.82) is 0 Å². The number of aliphatic hydroxyl groups excluding tert-OH is 1. The predicted molar refractivity (Wildman–Crippen MR) is 137 cm³/mol. The maximum absolute atomic E-state index is 12.5. The molecule has 0 amide bonds. The Morgan fingerprint density at radius 2 is 1.58 bits per heavy atom. The molecule has 8 nitrogen and oxygen atoms in total. The number of nitrogens with zero attached hydrogens (tertiary/aromatic N) is 4. The van der Waals surface area contributed by atoms with Gasteiger partial charge in [-0.05, 0) is 39.8 Å². The molecular weight excluding hydrogens is 418 g/mol. The quantitative estimate of drug-likeness (QED) is 0.363. The van der Waals surface area contributed by atoms with Gasteiger partial charge in [0.05, 0.1) is 18.9 Å². The van der Waals surface area contributed by atoms with Crippen molar-refractivity contribution in [2.24, 2.45) is 7.05 Å². The van der Waals surface area contributed by atoms with Crippen LogP contribution in [0.4, 0.5) is 11.5 Å². The summed E-state index contributed by atoms with van der Waals surface area (Å²) in [6.45, 7) is 5.70. The highest BCUT2D eigenvalue weighted by atomic mass is 16.3. The second-order valence-electron chi connectivity index (χ2n) is 9.87. The molecule has 0 saturated carbocycles. The maximum atomic E-state index is 12.5. The van der Waals surface area contributed by atoms with Crippen molar-refractivity contribution in [3.63, 3.8) is 0 Å². The summed E-state index contributed by atoms with van der Waals surface area (Å²) in [6, 6.07) is 0. The fourth-order valence-electron chi connectivity index (χ4n) is 4.90. The lowest BCUT2D eigenvalue weighted by molar-refractivity contribution is 0.179. The highest BCUT2D eigenvalue weighted by Gasteiger charge is 2.35. The zero-order chi connectivity index (χ0) is 24.4. The predicted octanol–water partition coefficient (Wildman–Crippen LogP) is 3.63. The van der Waals surface area contributed by atoms with E-state index in [4.69, 9.17) is 0 Å². The lowest BCUT2D eigenvalue weighted by atomic mass is 10.1. The summed E-state index contributed by atoms with van der Waals surface area (Å²) in [5, 5.41) is 9.48. The van der Waals surface area contributed by atoms with E-state index in [1.54, 1.807) is 11.6 Å². The van der Waals surface area contributed by atoms with Crippen molar-refractivity contribution in [3.05, 3.63) is 20.8 Å². The van der Waals surface area contributed by atoms with Crippen molar-refractivity contribution in [2.45, 2.75) is 103 Å². The van der Waals surface area contributed by atoms with Gasteiger partial charge in [-0.15, -0.1) is 0 Å². The van der Waals surface area contributed by atoms with Crippen molar-refractivity contribution in [1.82, 2.24) is 14.5 Å². The van der Waals surface area contributed by atoms with E-state index in [1.807, 2.05) is 18.9 Å². The van der Waals surface area contributed by atoms with Gasteiger partial charge in [-0.3, -0.25) is 19.2 Å². The number of rotatable bonds is 16. The molecule has 2 unspecified atom stereocenters. The van der Waals surface area contributed by atoms with Crippen LogP contribution in [0.15, 0.2) is 9.59 Å². The molecule has 33 heavy (non-hydrogen) atoms. The van der Waals surface area contributed by atoms with Gasteiger partial charge in [0.25, 0.3) is 5.56 Å². The van der Waals surface area contributed by atoms with Gasteiger partial charge in [-0.25, -0.2) is 4.79 Å². The van der Waals surface area contributed by atoms with Crippen molar-refractivity contribution in [2.75, 3.05) is 37.1 Å². The second kappa shape index (κ2) is 13.8. The van der Waals surface area contributed by atoms with E-state index in [9.17, 15) is 14.7 Å². The highest BCUT2D eigenvalue weighted by molar-refractivity contribution is 5.71. The van der Waals surface area contributed by atoms with Crippen LogP contribution >= 0.6 is 0 Å². The first-order valence-corrected chi connectivity index (χ1v) is 13.0. The van der Waals surface area contributed by atoms with E-state index in [1.165, 1.54) is 32.1 Å². The summed E-state index contributed by atoms with van der Waals surface area (Å²) < 4.78 is 1.58. The Kier molecular flexibility index (Phi) is 11.5. The van der Waals surface area contributed by atoms with Crippen LogP contribution in [0.2, 0.25) is 0 Å². The number of aromatic amines is 1. The van der Waals surface area contributed by atoms with Crippen LogP contribution in [0.25, 0.3) is 0 Å². The normalized spacial score (nSPS) is 15.4. The summed E-state index contributed by atoms with van der Waals surface area (Å²) in [6.07, 6.45) is 13.7. The van der Waals surface area contributed by atoms with E-state index in [0.717, 1.165) is 57.3 Å². The van der Waals surface area contributed by atoms with Crippen molar-refractivity contribution >= 4 is 11.5 Å². The van der Waals surface area contributed by atoms with Gasteiger partial charge in [0.2, 0.25) is 0 Å². The van der Waals surface area contributed by atoms with Gasteiger partial charge < -0.3 is 14.9 Å². The first-order valence-electron chi connectivity index (χ1n) is 13.0. The second-order valence-corrected chi connectivity index (χ2v) is 9.87. The highest BCUT2D eigenvalue weighted by Crippen LogP contribution is 2.33. The molecule has 1 aliphatic heterocycles. The van der Waals surface area contributed by atoms with Crippen molar-refractivity contribution in [3.8, 4) is 0 Å². The van der Waals surface area contributed by atoms with Gasteiger partial charge in [-0.1, -0.05) is 64.7 Å². The minimum absolute atomic E-state index is 0.133. The summed E-state index contributed by atoms with van der Waals surface area (Å²) in [5.74, 6) is 0.722. The minimum atomic E-state index is -0.366. The van der Waals surface area contributed by atoms with Crippen LogP contribution in [0.1, 0.15) is 90.9 Å². The van der Waals surface area contributed by atoms with Crippen LogP contribution in [0.3, 0.4) is 0 Å². The lowest BCUT2D eigenvalue weighted by Gasteiger charge is -2.37. The van der Waals surface area contributed by atoms with Crippen LogP contribution < -0.4 is 21.0 Å². The van der Waals surface area contributed by atoms with Crippen LogP contribution in [0, 0.1) is 0 Å². The molecule has 0 aromatic carbocycles. The first-order chi connectivity index (χ1) is 15.8. The maximum Gasteiger partial charge on any atom is 0.329 e. The number of anilines is 2. The van der Waals surface area contributed by atoms with Crippen LogP contribution in [-0.4, -0.2) is 59.1 Å². The Morgan fingerprint density at radius 1 is 0.970 bits per heavy atom. The SMILES string of the molecule is CCCCCCCCN(C)C(CCCCCCC(C)O)N1CN(C)c2c1n(C)c(=O)[nH]c2=O. The molecular formula is C25H47N5O3. The molecule has 2 atom stereocenters. The molecule has 2 N–H and O–H groups in total. The van der Waals surface area contributed by atoms with Crippen LogP contribution in [0.5, 0.6) is 0 Å². The number of nitrogens with one attached hydrogen (secondary N) is 1. The van der Waals surface area contributed by atoms with E-state index < -0.39 is 0 Å². The third-order valence-corrected chi connectivity index (χ3v) is 6.86. The van der Waals surface area contributed by atoms with Crippen LogP contribution in [-0.2, 0) is 7.05 Å². The minimum Gasteiger partial charge on any atom is -0.393 e. The third kappa shape index (κ3) is 7.88. The molecule has 0 aliphatic carbocycles. The average Bonchev–Trinajstić information content (AvgIpc) is 3.11. The van der Waals surface area contributed by atoms with Gasteiger partial charge in [0.15, 0.2) is 0 Å². The van der Waals surface area contributed by atoms with E-state index in [-0.39, 0.29) is 23.5 Å². The largest absolute Gasteiger partial charge is 0.393 e. The zero-order valence-corrected chi connectivity index (χ0v) is 21.6. The number of hydrogen-bond acceptors (Lipinski definition) is 6. The molecule has 0 spiro atoms. The molecule has 1 aliphatic rings. The summed E-state index contributed by atoms with van der Waals surface area (Å²) in [4.78, 5) is 33.9. The van der Waals surface area contributed by atoms with Crippen molar-refractivity contribution < 1.29 is 5.11 Å². The molecule has 2 heterocycles. The summed E-state index contributed by atoms with van der Waals surface area (Å²) >= 11 is 0. The molecule has 2 rings (SSSR count). The fraction of sp³-hybridized carbons (Fsp3) is 0.840. The van der Waals surface area contributed by atoms with E-state index in [2.05, 4.69) is 28.8 Å². The summed E-state index contributed by atoms with van der Waals surface area (Å²) in [7, 11) is 5.83. The number of H-pyrrole nitrogens is 1. The van der Waals surface area contributed by atoms with Gasteiger partial charge in [0, 0.05) is 14.1 Å². The third-order valence-electron chi connectivity index (χ3n) is 6.86.